The van der Waals surface area contributed by atoms with Crippen molar-refractivity contribution in [3.05, 3.63) is 0 Å². The molecule has 0 aliphatic carbocycles. The predicted octanol–water partition coefficient (Wildman–Crippen LogP) is 3.39. The Balaban J connectivity index is 4.45. The van der Waals surface area contributed by atoms with Gasteiger partial charge >= 0.3 is 0 Å². The first-order valence-corrected chi connectivity index (χ1v) is 9.01. The van der Waals surface area contributed by atoms with Gasteiger partial charge in [0.1, 0.15) is 0 Å². The van der Waals surface area contributed by atoms with Crippen LogP contribution in [-0.2, 0) is 9.84 Å². The molecule has 1 unspecified atom stereocenters. The van der Waals surface area contributed by atoms with Crippen molar-refractivity contribution in [1.82, 2.24) is 5.32 Å². The Kier molecular flexibility index (Phi) is 7.04. The summed E-state index contributed by atoms with van der Waals surface area (Å²) in [5.74, 6) is 0.744. The van der Waals surface area contributed by atoms with Crippen molar-refractivity contribution < 1.29 is 8.42 Å². The van der Waals surface area contributed by atoms with Crippen LogP contribution in [0.3, 0.4) is 0 Å². The van der Waals surface area contributed by atoms with E-state index in [1.807, 2.05) is 0 Å². The van der Waals surface area contributed by atoms with E-state index in [9.17, 15) is 8.42 Å². The normalized spacial score (nSPS) is 15.5. The molecule has 0 aliphatic rings. The molecule has 0 aromatic heterocycles. The van der Waals surface area contributed by atoms with Crippen molar-refractivity contribution >= 4 is 9.84 Å². The predicted molar refractivity (Wildman–Crippen MR) is 84.3 cm³/mol. The van der Waals surface area contributed by atoms with Crippen molar-refractivity contribution in [2.24, 2.45) is 5.92 Å². The zero-order chi connectivity index (χ0) is 15.3. The fourth-order valence-corrected chi connectivity index (χ4v) is 3.09. The third-order valence-corrected chi connectivity index (χ3v) is 5.99. The molecule has 116 valence electrons. The first kappa shape index (κ1) is 18.9. The summed E-state index contributed by atoms with van der Waals surface area (Å²) in [6.45, 7) is 14.8. The summed E-state index contributed by atoms with van der Waals surface area (Å²) in [6, 6.07) is 0. The van der Waals surface area contributed by atoms with Gasteiger partial charge in [-0.1, -0.05) is 13.3 Å². The van der Waals surface area contributed by atoms with Gasteiger partial charge < -0.3 is 5.32 Å². The Labute approximate surface area is 120 Å². The molecule has 1 atom stereocenters. The molecule has 0 aromatic carbocycles. The second-order valence-electron chi connectivity index (χ2n) is 7.51. The van der Waals surface area contributed by atoms with Gasteiger partial charge in [0.2, 0.25) is 0 Å². The summed E-state index contributed by atoms with van der Waals surface area (Å²) < 4.78 is 23.6. The minimum Gasteiger partial charge on any atom is -0.312 e. The minimum atomic E-state index is -2.99. The van der Waals surface area contributed by atoms with Crippen LogP contribution in [0.1, 0.15) is 67.7 Å². The van der Waals surface area contributed by atoms with Gasteiger partial charge in [0.05, 0.1) is 10.5 Å². The van der Waals surface area contributed by atoms with Crippen molar-refractivity contribution in [2.75, 3.05) is 12.3 Å². The van der Waals surface area contributed by atoms with Crippen molar-refractivity contribution in [2.45, 2.75) is 78.0 Å². The van der Waals surface area contributed by atoms with Crippen LogP contribution in [0.5, 0.6) is 0 Å². The molecule has 0 heterocycles. The number of hydrogen-bond acceptors (Lipinski definition) is 3. The van der Waals surface area contributed by atoms with E-state index in [4.69, 9.17) is 0 Å². The van der Waals surface area contributed by atoms with E-state index in [0.717, 1.165) is 25.8 Å². The first-order chi connectivity index (χ1) is 8.39. The molecule has 0 rings (SSSR count). The maximum atomic E-state index is 12.1. The highest BCUT2D eigenvalue weighted by molar-refractivity contribution is 7.92. The van der Waals surface area contributed by atoms with Crippen molar-refractivity contribution in [1.29, 1.82) is 0 Å². The third kappa shape index (κ3) is 7.93. The SMILES string of the molecule is CCCC(CCS(=O)(=O)C(C)(C)C)CNC(C)(C)C. The van der Waals surface area contributed by atoms with E-state index >= 15 is 0 Å². The fraction of sp³-hybridized carbons (Fsp3) is 1.00. The molecule has 4 heteroatoms. The molecule has 0 radical (unpaired) electrons. The Morgan fingerprint density at radius 3 is 1.89 bits per heavy atom. The topological polar surface area (TPSA) is 46.2 Å². The van der Waals surface area contributed by atoms with Crippen molar-refractivity contribution in [3.8, 4) is 0 Å². The zero-order valence-corrected chi connectivity index (χ0v) is 14.7. The Bertz CT molecular complexity index is 347. The molecule has 3 nitrogen and oxygen atoms in total. The van der Waals surface area contributed by atoms with Gasteiger partial charge in [-0.05, 0) is 66.8 Å². The largest absolute Gasteiger partial charge is 0.312 e. The molecule has 0 spiro atoms. The van der Waals surface area contributed by atoms with Crippen LogP contribution in [0.4, 0.5) is 0 Å². The molecular formula is C15H33NO2S. The maximum Gasteiger partial charge on any atom is 0.155 e. The molecule has 0 saturated heterocycles. The van der Waals surface area contributed by atoms with Crippen LogP contribution >= 0.6 is 0 Å². The molecule has 19 heavy (non-hydrogen) atoms. The lowest BCUT2D eigenvalue weighted by atomic mass is 9.99. The van der Waals surface area contributed by atoms with E-state index in [1.165, 1.54) is 0 Å². The van der Waals surface area contributed by atoms with E-state index < -0.39 is 14.6 Å². The lowest BCUT2D eigenvalue weighted by molar-refractivity contribution is 0.350. The molecule has 0 amide bonds. The van der Waals surface area contributed by atoms with Gasteiger partial charge in [-0.2, -0.15) is 0 Å². The molecule has 0 aromatic rings. The van der Waals surface area contributed by atoms with Crippen LogP contribution in [-0.4, -0.2) is 31.0 Å². The summed E-state index contributed by atoms with van der Waals surface area (Å²) in [7, 11) is -2.99. The summed E-state index contributed by atoms with van der Waals surface area (Å²) in [6.07, 6.45) is 2.95. The monoisotopic (exact) mass is 291 g/mol. The highest BCUT2D eigenvalue weighted by Gasteiger charge is 2.29. The second kappa shape index (κ2) is 7.07. The van der Waals surface area contributed by atoms with Gasteiger partial charge in [-0.15, -0.1) is 0 Å². The summed E-state index contributed by atoms with van der Waals surface area (Å²) in [5.41, 5.74) is 0.0922. The summed E-state index contributed by atoms with van der Waals surface area (Å²) in [5, 5.41) is 3.49. The maximum absolute atomic E-state index is 12.1. The second-order valence-corrected chi connectivity index (χ2v) is 10.4. The molecule has 0 saturated carbocycles. The summed E-state index contributed by atoms with van der Waals surface area (Å²) in [4.78, 5) is 0. The van der Waals surface area contributed by atoms with Gasteiger partial charge in [-0.25, -0.2) is 8.42 Å². The Morgan fingerprint density at radius 1 is 1.00 bits per heavy atom. The van der Waals surface area contributed by atoms with Crippen LogP contribution in [0.2, 0.25) is 0 Å². The lowest BCUT2D eigenvalue weighted by Gasteiger charge is -2.26. The third-order valence-electron chi connectivity index (χ3n) is 3.35. The lowest BCUT2D eigenvalue weighted by Crippen LogP contribution is -2.40. The number of sulfone groups is 1. The van der Waals surface area contributed by atoms with Gasteiger partial charge in [0, 0.05) is 5.54 Å². The van der Waals surface area contributed by atoms with Gasteiger partial charge in [0.25, 0.3) is 0 Å². The Morgan fingerprint density at radius 2 is 1.53 bits per heavy atom. The van der Waals surface area contributed by atoms with Gasteiger partial charge in [-0.3, -0.25) is 0 Å². The average molecular weight is 292 g/mol. The number of nitrogens with one attached hydrogen (secondary N) is 1. The fourth-order valence-electron chi connectivity index (χ4n) is 1.84. The van der Waals surface area contributed by atoms with E-state index in [1.54, 1.807) is 20.8 Å². The molecule has 0 bridgehead atoms. The zero-order valence-electron chi connectivity index (χ0n) is 13.8. The van der Waals surface area contributed by atoms with Crippen LogP contribution < -0.4 is 5.32 Å². The molecular weight excluding hydrogens is 258 g/mol. The number of rotatable bonds is 7. The standard InChI is InChI=1S/C15H33NO2S/c1-8-9-13(12-16-14(2,3)4)10-11-19(17,18)15(5,6)7/h13,16H,8-12H2,1-7H3. The van der Waals surface area contributed by atoms with E-state index in [-0.39, 0.29) is 5.54 Å². The quantitative estimate of drug-likeness (QED) is 0.782. The van der Waals surface area contributed by atoms with Crippen LogP contribution in [0.25, 0.3) is 0 Å². The highest BCUT2D eigenvalue weighted by Crippen LogP contribution is 2.20. The highest BCUT2D eigenvalue weighted by atomic mass is 32.2. The minimum absolute atomic E-state index is 0.0922. The summed E-state index contributed by atoms with van der Waals surface area (Å²) >= 11 is 0. The smallest absolute Gasteiger partial charge is 0.155 e. The van der Waals surface area contributed by atoms with E-state index in [2.05, 4.69) is 33.0 Å². The number of hydrogen-bond donors (Lipinski definition) is 1. The van der Waals surface area contributed by atoms with E-state index in [0.29, 0.717) is 11.7 Å². The molecule has 1 N–H and O–H groups in total. The van der Waals surface area contributed by atoms with Gasteiger partial charge in [0.15, 0.2) is 9.84 Å². The molecule has 0 fully saturated rings. The molecule has 0 aliphatic heterocycles. The van der Waals surface area contributed by atoms with Crippen LogP contribution in [0.15, 0.2) is 0 Å². The van der Waals surface area contributed by atoms with Crippen LogP contribution in [0, 0.1) is 5.92 Å². The van der Waals surface area contributed by atoms with Crippen molar-refractivity contribution in [3.63, 3.8) is 0 Å². The first-order valence-electron chi connectivity index (χ1n) is 7.36. The Hall–Kier alpha value is -0.0900. The average Bonchev–Trinajstić information content (AvgIpc) is 2.19.